The van der Waals surface area contributed by atoms with E-state index in [1.54, 1.807) is 12.1 Å². The van der Waals surface area contributed by atoms with E-state index in [0.717, 1.165) is 38.2 Å². The summed E-state index contributed by atoms with van der Waals surface area (Å²) in [7, 11) is 0. The zero-order chi connectivity index (χ0) is 13.8. The van der Waals surface area contributed by atoms with E-state index in [4.69, 9.17) is 11.6 Å². The third-order valence-corrected chi connectivity index (χ3v) is 4.01. The highest BCUT2D eigenvalue weighted by molar-refractivity contribution is 6.30. The highest BCUT2D eigenvalue weighted by Gasteiger charge is 2.20. The Hall–Kier alpha value is -0.640. The van der Waals surface area contributed by atoms with Gasteiger partial charge in [-0.1, -0.05) is 31.5 Å². The number of rotatable bonds is 3. The molecule has 0 bridgehead atoms. The summed E-state index contributed by atoms with van der Waals surface area (Å²) in [4.78, 5) is 2.40. The molecule has 106 valence electrons. The molecule has 1 aromatic carbocycles. The third kappa shape index (κ3) is 4.16. The van der Waals surface area contributed by atoms with Gasteiger partial charge in [0.25, 0.3) is 0 Å². The maximum atomic E-state index is 13.5. The fourth-order valence-electron chi connectivity index (χ4n) is 2.51. The van der Waals surface area contributed by atoms with Gasteiger partial charge in [-0.25, -0.2) is 4.39 Å². The van der Waals surface area contributed by atoms with E-state index in [1.165, 1.54) is 0 Å². The molecular formula is C15H22ClFN2. The second kappa shape index (κ2) is 6.69. The van der Waals surface area contributed by atoms with E-state index in [9.17, 15) is 4.39 Å². The molecule has 0 radical (unpaired) electrons. The smallest absolute Gasteiger partial charge is 0.142 e. The number of nitrogens with zero attached hydrogens (tertiary/aromatic N) is 1. The van der Waals surface area contributed by atoms with E-state index in [2.05, 4.69) is 24.1 Å². The van der Waals surface area contributed by atoms with Gasteiger partial charge < -0.3 is 5.32 Å². The number of hydrogen-bond donors (Lipinski definition) is 1. The quantitative estimate of drug-likeness (QED) is 0.916. The number of benzene rings is 1. The monoisotopic (exact) mass is 284 g/mol. The molecule has 2 rings (SSSR count). The minimum Gasteiger partial charge on any atom is -0.312 e. The van der Waals surface area contributed by atoms with Crippen molar-refractivity contribution in [1.82, 2.24) is 10.2 Å². The lowest BCUT2D eigenvalue weighted by Gasteiger charge is -2.26. The molecule has 1 fully saturated rings. The molecule has 4 heteroatoms. The topological polar surface area (TPSA) is 15.3 Å². The Labute approximate surface area is 119 Å². The molecule has 1 N–H and O–H groups in total. The molecule has 1 heterocycles. The summed E-state index contributed by atoms with van der Waals surface area (Å²) in [6.07, 6.45) is 1.14. The first-order chi connectivity index (χ1) is 9.06. The van der Waals surface area contributed by atoms with Crippen LogP contribution in [-0.2, 0) is 6.54 Å². The van der Waals surface area contributed by atoms with Gasteiger partial charge in [0.05, 0.1) is 5.02 Å². The van der Waals surface area contributed by atoms with Crippen LogP contribution in [0.1, 0.15) is 25.8 Å². The molecule has 0 amide bonds. The predicted molar refractivity (Wildman–Crippen MR) is 77.9 cm³/mol. The van der Waals surface area contributed by atoms with Gasteiger partial charge in [-0.15, -0.1) is 0 Å². The Balaban J connectivity index is 2.02. The average molecular weight is 285 g/mol. The third-order valence-electron chi connectivity index (χ3n) is 3.71. The van der Waals surface area contributed by atoms with E-state index in [0.29, 0.717) is 12.0 Å². The number of halogens is 2. The summed E-state index contributed by atoms with van der Waals surface area (Å²) in [6, 6.07) is 5.61. The average Bonchev–Trinajstić information content (AvgIpc) is 2.59. The van der Waals surface area contributed by atoms with Gasteiger partial charge in [-0.05, 0) is 43.1 Å². The molecule has 1 aliphatic heterocycles. The first kappa shape index (κ1) is 14.8. The van der Waals surface area contributed by atoms with Gasteiger partial charge in [0.2, 0.25) is 0 Å². The fourth-order valence-corrected chi connectivity index (χ4v) is 2.63. The molecule has 0 spiro atoms. The van der Waals surface area contributed by atoms with Crippen molar-refractivity contribution in [2.75, 3.05) is 19.6 Å². The largest absolute Gasteiger partial charge is 0.312 e. The van der Waals surface area contributed by atoms with E-state index in [-0.39, 0.29) is 10.8 Å². The SMILES string of the molecule is CC(C)C1CN(Cc2ccc(Cl)c(F)c2)CCCN1. The Morgan fingerprint density at radius 2 is 2.26 bits per heavy atom. The molecule has 1 saturated heterocycles. The summed E-state index contributed by atoms with van der Waals surface area (Å²) in [5.74, 6) is 0.287. The minimum atomic E-state index is -0.326. The molecule has 1 unspecified atom stereocenters. The van der Waals surface area contributed by atoms with Crippen LogP contribution < -0.4 is 5.32 Å². The van der Waals surface area contributed by atoms with Crippen LogP contribution in [0.4, 0.5) is 4.39 Å². The van der Waals surface area contributed by atoms with Crippen LogP contribution >= 0.6 is 11.6 Å². The van der Waals surface area contributed by atoms with E-state index >= 15 is 0 Å². The van der Waals surface area contributed by atoms with Gasteiger partial charge in [0.15, 0.2) is 0 Å². The van der Waals surface area contributed by atoms with Gasteiger partial charge in [0.1, 0.15) is 5.82 Å². The summed E-state index contributed by atoms with van der Waals surface area (Å²) in [5.41, 5.74) is 0.992. The summed E-state index contributed by atoms with van der Waals surface area (Å²) in [5, 5.41) is 3.78. The van der Waals surface area contributed by atoms with Gasteiger partial charge >= 0.3 is 0 Å². The fraction of sp³-hybridized carbons (Fsp3) is 0.600. The highest BCUT2D eigenvalue weighted by atomic mass is 35.5. The maximum Gasteiger partial charge on any atom is 0.142 e. The molecule has 1 aliphatic rings. The maximum absolute atomic E-state index is 13.5. The molecule has 0 saturated carbocycles. The Morgan fingerprint density at radius 1 is 1.47 bits per heavy atom. The zero-order valence-corrected chi connectivity index (χ0v) is 12.4. The lowest BCUT2D eigenvalue weighted by Crippen LogP contribution is -2.41. The Bertz CT molecular complexity index is 423. The van der Waals surface area contributed by atoms with Crippen LogP contribution in [0, 0.1) is 11.7 Å². The van der Waals surface area contributed by atoms with Crippen molar-refractivity contribution in [3.63, 3.8) is 0 Å². The zero-order valence-electron chi connectivity index (χ0n) is 11.6. The number of hydrogen-bond acceptors (Lipinski definition) is 2. The van der Waals surface area contributed by atoms with Crippen LogP contribution in [0.5, 0.6) is 0 Å². The van der Waals surface area contributed by atoms with Gasteiger partial charge in [-0.3, -0.25) is 4.90 Å². The summed E-state index contributed by atoms with van der Waals surface area (Å²) in [6.45, 7) is 8.40. The van der Waals surface area contributed by atoms with Crippen LogP contribution in [-0.4, -0.2) is 30.6 Å². The van der Waals surface area contributed by atoms with E-state index < -0.39 is 0 Å². The minimum absolute atomic E-state index is 0.196. The second-order valence-electron chi connectivity index (χ2n) is 5.64. The summed E-state index contributed by atoms with van der Waals surface area (Å²) < 4.78 is 13.5. The lowest BCUT2D eigenvalue weighted by atomic mass is 10.0. The molecule has 19 heavy (non-hydrogen) atoms. The standard InChI is InChI=1S/C15H22ClFN2/c1-11(2)15-10-19(7-3-6-18-15)9-12-4-5-13(16)14(17)8-12/h4-5,8,11,15,18H,3,6-7,9-10H2,1-2H3. The van der Waals surface area contributed by atoms with Crippen molar-refractivity contribution in [3.05, 3.63) is 34.6 Å². The van der Waals surface area contributed by atoms with Crippen LogP contribution in [0.25, 0.3) is 0 Å². The highest BCUT2D eigenvalue weighted by Crippen LogP contribution is 2.18. The molecule has 0 aromatic heterocycles. The second-order valence-corrected chi connectivity index (χ2v) is 6.05. The summed E-state index contributed by atoms with van der Waals surface area (Å²) >= 11 is 5.72. The van der Waals surface area contributed by atoms with Crippen molar-refractivity contribution in [3.8, 4) is 0 Å². The lowest BCUT2D eigenvalue weighted by molar-refractivity contribution is 0.238. The van der Waals surface area contributed by atoms with Crippen molar-refractivity contribution >= 4 is 11.6 Å². The molecule has 2 nitrogen and oxygen atoms in total. The van der Waals surface area contributed by atoms with Crippen molar-refractivity contribution in [1.29, 1.82) is 0 Å². The molecule has 1 atom stereocenters. The van der Waals surface area contributed by atoms with Crippen molar-refractivity contribution < 1.29 is 4.39 Å². The predicted octanol–water partition coefficient (Wildman–Crippen LogP) is 3.30. The normalized spacial score (nSPS) is 21.6. The van der Waals surface area contributed by atoms with Crippen LogP contribution in [0.15, 0.2) is 18.2 Å². The number of nitrogens with one attached hydrogen (secondary N) is 1. The van der Waals surface area contributed by atoms with Gasteiger partial charge in [-0.2, -0.15) is 0 Å². The molecule has 1 aromatic rings. The first-order valence-electron chi connectivity index (χ1n) is 6.96. The van der Waals surface area contributed by atoms with Crippen LogP contribution in [0.2, 0.25) is 5.02 Å². The van der Waals surface area contributed by atoms with Gasteiger partial charge in [0, 0.05) is 19.1 Å². The Morgan fingerprint density at radius 3 is 2.95 bits per heavy atom. The van der Waals surface area contributed by atoms with Crippen molar-refractivity contribution in [2.24, 2.45) is 5.92 Å². The van der Waals surface area contributed by atoms with Crippen LogP contribution in [0.3, 0.4) is 0 Å². The Kier molecular flexibility index (Phi) is 5.20. The first-order valence-corrected chi connectivity index (χ1v) is 7.33. The molecule has 0 aliphatic carbocycles. The van der Waals surface area contributed by atoms with E-state index in [1.807, 2.05) is 6.07 Å². The molecular weight excluding hydrogens is 263 g/mol. The van der Waals surface area contributed by atoms with Crippen molar-refractivity contribution in [2.45, 2.75) is 32.9 Å².